The van der Waals surface area contributed by atoms with Gasteiger partial charge in [-0.15, -0.1) is 0 Å². The highest BCUT2D eigenvalue weighted by molar-refractivity contribution is 5.06. The molecule has 4 nitrogen and oxygen atoms in total. The second-order valence-corrected chi connectivity index (χ2v) is 5.02. The Bertz CT molecular complexity index is 366. The second-order valence-electron chi connectivity index (χ2n) is 5.02. The summed E-state index contributed by atoms with van der Waals surface area (Å²) in [4.78, 5) is 4.33. The smallest absolute Gasteiger partial charge is 0.138 e. The van der Waals surface area contributed by atoms with E-state index in [0.29, 0.717) is 6.04 Å². The van der Waals surface area contributed by atoms with E-state index in [1.54, 1.807) is 6.33 Å². The van der Waals surface area contributed by atoms with Crippen molar-refractivity contribution in [2.75, 3.05) is 6.54 Å². The zero-order valence-corrected chi connectivity index (χ0v) is 12.1. The third-order valence-electron chi connectivity index (χ3n) is 2.76. The monoisotopic (exact) mass is 250 g/mol. The Morgan fingerprint density at radius 2 is 2.28 bits per heavy atom. The van der Waals surface area contributed by atoms with Gasteiger partial charge in [-0.05, 0) is 26.3 Å². The standard InChI is InChI=1S/C14H26N4/c1-5-9-18-14(16-11-17-18)10-13(4)7-6-8-15-12(2)3/h7,11-12,15H,5-6,8-10H2,1-4H3. The first-order valence-electron chi connectivity index (χ1n) is 6.89. The van der Waals surface area contributed by atoms with Crippen LogP contribution in [0.25, 0.3) is 0 Å². The van der Waals surface area contributed by atoms with E-state index in [4.69, 9.17) is 0 Å². The van der Waals surface area contributed by atoms with Crippen LogP contribution in [0.2, 0.25) is 0 Å². The van der Waals surface area contributed by atoms with Crippen LogP contribution in [0.3, 0.4) is 0 Å². The quantitative estimate of drug-likeness (QED) is 0.569. The molecule has 18 heavy (non-hydrogen) atoms. The predicted molar refractivity (Wildman–Crippen MR) is 75.5 cm³/mol. The molecule has 0 fully saturated rings. The Morgan fingerprint density at radius 3 is 2.94 bits per heavy atom. The fraction of sp³-hybridized carbons (Fsp3) is 0.714. The van der Waals surface area contributed by atoms with Crippen molar-refractivity contribution in [2.24, 2.45) is 0 Å². The number of nitrogens with zero attached hydrogens (tertiary/aromatic N) is 3. The first-order chi connectivity index (χ1) is 8.63. The molecule has 0 aromatic carbocycles. The molecule has 0 bridgehead atoms. The normalized spacial score (nSPS) is 12.4. The molecular formula is C14H26N4. The van der Waals surface area contributed by atoms with Gasteiger partial charge in [-0.2, -0.15) is 5.10 Å². The van der Waals surface area contributed by atoms with Gasteiger partial charge in [-0.25, -0.2) is 9.67 Å². The van der Waals surface area contributed by atoms with E-state index in [9.17, 15) is 0 Å². The molecule has 0 saturated heterocycles. The molecule has 0 aliphatic heterocycles. The van der Waals surface area contributed by atoms with Crippen molar-refractivity contribution in [3.05, 3.63) is 23.8 Å². The van der Waals surface area contributed by atoms with E-state index >= 15 is 0 Å². The SMILES string of the molecule is CCCn1ncnc1CC(C)=CCCNC(C)C. The van der Waals surface area contributed by atoms with Crippen molar-refractivity contribution in [3.8, 4) is 0 Å². The van der Waals surface area contributed by atoms with E-state index in [1.165, 1.54) is 5.57 Å². The fourth-order valence-electron chi connectivity index (χ4n) is 1.84. The maximum absolute atomic E-state index is 4.33. The molecule has 1 N–H and O–H groups in total. The van der Waals surface area contributed by atoms with Crippen LogP contribution < -0.4 is 5.32 Å². The van der Waals surface area contributed by atoms with Gasteiger partial charge in [-0.3, -0.25) is 0 Å². The maximum atomic E-state index is 4.33. The molecule has 0 spiro atoms. The lowest BCUT2D eigenvalue weighted by atomic mass is 10.1. The number of hydrogen-bond acceptors (Lipinski definition) is 3. The van der Waals surface area contributed by atoms with Crippen molar-refractivity contribution in [3.63, 3.8) is 0 Å². The van der Waals surface area contributed by atoms with Gasteiger partial charge in [-0.1, -0.05) is 32.4 Å². The highest BCUT2D eigenvalue weighted by Gasteiger charge is 2.03. The van der Waals surface area contributed by atoms with E-state index in [-0.39, 0.29) is 0 Å². The summed E-state index contributed by atoms with van der Waals surface area (Å²) in [5, 5.41) is 7.66. The summed E-state index contributed by atoms with van der Waals surface area (Å²) < 4.78 is 2.00. The second kappa shape index (κ2) is 8.03. The minimum absolute atomic E-state index is 0.561. The molecule has 1 rings (SSSR count). The summed E-state index contributed by atoms with van der Waals surface area (Å²) in [6, 6.07) is 0.561. The number of aryl methyl sites for hydroxylation is 1. The van der Waals surface area contributed by atoms with Crippen LogP contribution in [0.4, 0.5) is 0 Å². The van der Waals surface area contributed by atoms with E-state index in [0.717, 1.165) is 38.2 Å². The van der Waals surface area contributed by atoms with E-state index in [1.807, 2.05) is 4.68 Å². The van der Waals surface area contributed by atoms with Crippen molar-refractivity contribution in [2.45, 2.75) is 59.5 Å². The van der Waals surface area contributed by atoms with E-state index < -0.39 is 0 Å². The Balaban J connectivity index is 2.40. The van der Waals surface area contributed by atoms with Gasteiger partial charge < -0.3 is 5.32 Å². The summed E-state index contributed by atoms with van der Waals surface area (Å²) in [6.07, 6.45) is 7.02. The van der Waals surface area contributed by atoms with Crippen LogP contribution in [0.15, 0.2) is 18.0 Å². The number of nitrogens with one attached hydrogen (secondary N) is 1. The molecule has 1 heterocycles. The average molecular weight is 250 g/mol. The molecule has 0 radical (unpaired) electrons. The lowest BCUT2D eigenvalue weighted by Crippen LogP contribution is -2.23. The van der Waals surface area contributed by atoms with Crippen LogP contribution in [-0.2, 0) is 13.0 Å². The maximum Gasteiger partial charge on any atom is 0.138 e. The summed E-state index contributed by atoms with van der Waals surface area (Å²) in [5.41, 5.74) is 1.37. The number of hydrogen-bond donors (Lipinski definition) is 1. The van der Waals surface area contributed by atoms with Crippen molar-refractivity contribution >= 4 is 0 Å². The Kier molecular flexibility index (Phi) is 6.65. The highest BCUT2D eigenvalue weighted by atomic mass is 15.3. The first-order valence-corrected chi connectivity index (χ1v) is 6.89. The van der Waals surface area contributed by atoms with Crippen molar-refractivity contribution in [1.82, 2.24) is 20.1 Å². The van der Waals surface area contributed by atoms with Gasteiger partial charge >= 0.3 is 0 Å². The zero-order valence-electron chi connectivity index (χ0n) is 12.1. The number of rotatable bonds is 8. The van der Waals surface area contributed by atoms with Crippen LogP contribution in [0, 0.1) is 0 Å². The fourth-order valence-corrected chi connectivity index (χ4v) is 1.84. The molecular weight excluding hydrogens is 224 g/mol. The minimum atomic E-state index is 0.561. The molecule has 1 aromatic rings. The Hall–Kier alpha value is -1.16. The van der Waals surface area contributed by atoms with Crippen molar-refractivity contribution < 1.29 is 0 Å². The molecule has 0 saturated carbocycles. The Labute approximate surface area is 110 Å². The first kappa shape index (κ1) is 14.9. The summed E-state index contributed by atoms with van der Waals surface area (Å²) in [6.45, 7) is 10.7. The van der Waals surface area contributed by atoms with Gasteiger partial charge in [0.25, 0.3) is 0 Å². The zero-order chi connectivity index (χ0) is 13.4. The minimum Gasteiger partial charge on any atom is -0.314 e. The van der Waals surface area contributed by atoms with Gasteiger partial charge in [0.15, 0.2) is 0 Å². The molecule has 0 aliphatic carbocycles. The largest absolute Gasteiger partial charge is 0.314 e. The van der Waals surface area contributed by atoms with Crippen LogP contribution in [-0.4, -0.2) is 27.4 Å². The number of aromatic nitrogens is 3. The molecule has 4 heteroatoms. The summed E-state index contributed by atoms with van der Waals surface area (Å²) >= 11 is 0. The van der Waals surface area contributed by atoms with Crippen LogP contribution in [0.1, 0.15) is 46.4 Å². The summed E-state index contributed by atoms with van der Waals surface area (Å²) in [5.74, 6) is 1.07. The summed E-state index contributed by atoms with van der Waals surface area (Å²) in [7, 11) is 0. The topological polar surface area (TPSA) is 42.7 Å². The predicted octanol–water partition coefficient (Wildman–Crippen LogP) is 2.57. The van der Waals surface area contributed by atoms with Gasteiger partial charge in [0.1, 0.15) is 12.2 Å². The van der Waals surface area contributed by atoms with Gasteiger partial charge in [0, 0.05) is 19.0 Å². The average Bonchev–Trinajstić information content (AvgIpc) is 2.72. The molecule has 0 aliphatic rings. The lowest BCUT2D eigenvalue weighted by Gasteiger charge is -2.07. The third kappa shape index (κ3) is 5.45. The van der Waals surface area contributed by atoms with Crippen LogP contribution >= 0.6 is 0 Å². The molecule has 0 unspecified atom stereocenters. The molecule has 102 valence electrons. The van der Waals surface area contributed by atoms with E-state index in [2.05, 4.69) is 49.2 Å². The van der Waals surface area contributed by atoms with Crippen LogP contribution in [0.5, 0.6) is 0 Å². The third-order valence-corrected chi connectivity index (χ3v) is 2.76. The highest BCUT2D eigenvalue weighted by Crippen LogP contribution is 2.06. The molecule has 0 atom stereocenters. The van der Waals surface area contributed by atoms with Gasteiger partial charge in [0.05, 0.1) is 0 Å². The van der Waals surface area contributed by atoms with Crippen molar-refractivity contribution in [1.29, 1.82) is 0 Å². The number of allylic oxidation sites excluding steroid dienone is 1. The van der Waals surface area contributed by atoms with Gasteiger partial charge in [0.2, 0.25) is 0 Å². The molecule has 0 amide bonds. The molecule has 1 aromatic heterocycles. The lowest BCUT2D eigenvalue weighted by molar-refractivity contribution is 0.574. The Morgan fingerprint density at radius 1 is 1.50 bits per heavy atom.